The third-order valence-corrected chi connectivity index (χ3v) is 4.81. The molecule has 1 heterocycles. The molecule has 2 aromatic rings. The van der Waals surface area contributed by atoms with Crippen molar-refractivity contribution in [3.8, 4) is 0 Å². The van der Waals surface area contributed by atoms with E-state index in [-0.39, 0.29) is 10.7 Å². The Morgan fingerprint density at radius 3 is 2.65 bits per heavy atom. The van der Waals surface area contributed by atoms with E-state index >= 15 is 0 Å². The summed E-state index contributed by atoms with van der Waals surface area (Å²) in [7, 11) is -3.70. The summed E-state index contributed by atoms with van der Waals surface area (Å²) in [6, 6.07) is 5.07. The van der Waals surface area contributed by atoms with E-state index in [9.17, 15) is 8.42 Å². The van der Waals surface area contributed by atoms with Crippen molar-refractivity contribution < 1.29 is 8.42 Å². The van der Waals surface area contributed by atoms with Gasteiger partial charge in [0.2, 0.25) is 0 Å². The molecule has 0 amide bonds. The molecular weight excluding hydrogens is 276 g/mol. The monoisotopic (exact) mass is 294 g/mol. The van der Waals surface area contributed by atoms with Crippen molar-refractivity contribution in [2.45, 2.75) is 32.1 Å². The maximum atomic E-state index is 12.5. The molecule has 0 saturated carbocycles. The van der Waals surface area contributed by atoms with Crippen LogP contribution in [0.2, 0.25) is 0 Å². The molecule has 2 rings (SSSR count). The molecule has 0 aliphatic heterocycles. The lowest BCUT2D eigenvalue weighted by Gasteiger charge is -2.13. The van der Waals surface area contributed by atoms with Crippen LogP contribution in [0.25, 0.3) is 0 Å². The summed E-state index contributed by atoms with van der Waals surface area (Å²) < 4.78 is 27.4. The van der Waals surface area contributed by atoms with Gasteiger partial charge in [-0.1, -0.05) is 13.0 Å². The molecule has 0 saturated heterocycles. The lowest BCUT2D eigenvalue weighted by atomic mass is 10.1. The predicted octanol–water partition coefficient (Wildman–Crippen LogP) is 1.97. The maximum absolute atomic E-state index is 12.5. The summed E-state index contributed by atoms with van der Waals surface area (Å²) in [6.45, 7) is 5.39. The van der Waals surface area contributed by atoms with Crippen molar-refractivity contribution in [1.29, 1.82) is 0 Å². The molecule has 0 aliphatic rings. The molecule has 0 atom stereocenters. The van der Waals surface area contributed by atoms with E-state index in [0.717, 1.165) is 12.1 Å². The van der Waals surface area contributed by atoms with E-state index in [2.05, 4.69) is 14.9 Å². The molecule has 7 heteroatoms. The van der Waals surface area contributed by atoms with Crippen LogP contribution in [-0.2, 0) is 16.4 Å². The summed E-state index contributed by atoms with van der Waals surface area (Å²) in [5.41, 5.74) is 8.30. The zero-order chi connectivity index (χ0) is 14.9. The summed E-state index contributed by atoms with van der Waals surface area (Å²) in [4.78, 5) is 0.207. The van der Waals surface area contributed by atoms with Crippen LogP contribution in [0, 0.1) is 13.8 Å². The molecule has 108 valence electrons. The number of H-pyrrole nitrogens is 1. The van der Waals surface area contributed by atoms with Gasteiger partial charge in [-0.2, -0.15) is 5.10 Å². The van der Waals surface area contributed by atoms with E-state index < -0.39 is 10.0 Å². The normalized spacial score (nSPS) is 11.6. The first-order chi connectivity index (χ1) is 9.35. The number of aryl methyl sites for hydroxylation is 2. The van der Waals surface area contributed by atoms with Crippen molar-refractivity contribution in [2.75, 3.05) is 10.5 Å². The smallest absolute Gasteiger partial charge is 0.263 e. The molecule has 1 aromatic carbocycles. The molecule has 0 spiro atoms. The molecule has 0 unspecified atom stereocenters. The molecule has 6 nitrogen and oxygen atoms in total. The van der Waals surface area contributed by atoms with Gasteiger partial charge in [0.05, 0.1) is 4.90 Å². The first-order valence-electron chi connectivity index (χ1n) is 6.28. The first-order valence-corrected chi connectivity index (χ1v) is 7.76. The minimum absolute atomic E-state index is 0.207. The van der Waals surface area contributed by atoms with Crippen molar-refractivity contribution in [3.05, 3.63) is 35.0 Å². The average molecular weight is 294 g/mol. The van der Waals surface area contributed by atoms with E-state index in [4.69, 9.17) is 5.73 Å². The SMILES string of the molecule is CCc1cc(NS(=O)(=O)c2c(C)ccc(N)c2C)n[nH]1. The zero-order valence-corrected chi connectivity index (χ0v) is 12.5. The largest absolute Gasteiger partial charge is 0.398 e. The number of nitrogens with two attached hydrogens (primary N) is 1. The number of rotatable bonds is 4. The maximum Gasteiger partial charge on any atom is 0.263 e. The molecule has 0 bridgehead atoms. The van der Waals surface area contributed by atoms with Gasteiger partial charge in [0, 0.05) is 17.4 Å². The van der Waals surface area contributed by atoms with Crippen LogP contribution >= 0.6 is 0 Å². The first kappa shape index (κ1) is 14.4. The second kappa shape index (κ2) is 5.16. The number of anilines is 2. The summed E-state index contributed by atoms with van der Waals surface area (Å²) in [5, 5.41) is 6.70. The van der Waals surface area contributed by atoms with Crippen molar-refractivity contribution in [2.24, 2.45) is 0 Å². The van der Waals surface area contributed by atoms with E-state index in [1.54, 1.807) is 32.0 Å². The number of aromatic nitrogens is 2. The highest BCUT2D eigenvalue weighted by Crippen LogP contribution is 2.26. The van der Waals surface area contributed by atoms with Crippen molar-refractivity contribution in [3.63, 3.8) is 0 Å². The minimum atomic E-state index is -3.70. The Bertz CT molecular complexity index is 735. The number of benzene rings is 1. The molecule has 20 heavy (non-hydrogen) atoms. The predicted molar refractivity (Wildman–Crippen MR) is 79.1 cm³/mol. The van der Waals surface area contributed by atoms with Crippen LogP contribution in [0.1, 0.15) is 23.7 Å². The summed E-state index contributed by atoms with van der Waals surface area (Å²) in [6.07, 6.45) is 0.755. The van der Waals surface area contributed by atoms with Crippen molar-refractivity contribution >= 4 is 21.5 Å². The van der Waals surface area contributed by atoms with Crippen molar-refractivity contribution in [1.82, 2.24) is 10.2 Å². The fraction of sp³-hybridized carbons (Fsp3) is 0.308. The van der Waals surface area contributed by atoms with Gasteiger partial charge in [0.15, 0.2) is 5.82 Å². The lowest BCUT2D eigenvalue weighted by molar-refractivity contribution is 0.600. The van der Waals surface area contributed by atoms with E-state index in [1.807, 2.05) is 6.92 Å². The Morgan fingerprint density at radius 2 is 2.05 bits per heavy atom. The highest BCUT2D eigenvalue weighted by Gasteiger charge is 2.21. The molecular formula is C13H18N4O2S. The second-order valence-corrected chi connectivity index (χ2v) is 6.28. The minimum Gasteiger partial charge on any atom is -0.398 e. The molecule has 1 aromatic heterocycles. The standard InChI is InChI=1S/C13H18N4O2S/c1-4-10-7-12(16-15-10)17-20(18,19)13-8(2)5-6-11(14)9(13)3/h5-7H,4,14H2,1-3H3,(H2,15,16,17). The van der Waals surface area contributed by atoms with Crippen LogP contribution in [0.4, 0.5) is 11.5 Å². The van der Waals surface area contributed by atoms with Gasteiger partial charge in [-0.05, 0) is 37.5 Å². The van der Waals surface area contributed by atoms with Gasteiger partial charge in [-0.15, -0.1) is 0 Å². The van der Waals surface area contributed by atoms with Crippen LogP contribution < -0.4 is 10.5 Å². The Kier molecular flexibility index (Phi) is 3.71. The van der Waals surface area contributed by atoms with Crippen LogP contribution in [0.5, 0.6) is 0 Å². The van der Waals surface area contributed by atoms with Gasteiger partial charge in [0.25, 0.3) is 10.0 Å². The topological polar surface area (TPSA) is 101 Å². The van der Waals surface area contributed by atoms with Crippen LogP contribution in [0.3, 0.4) is 0 Å². The van der Waals surface area contributed by atoms with Gasteiger partial charge in [-0.25, -0.2) is 8.42 Å². The third kappa shape index (κ3) is 2.62. The Labute approximate surface area is 118 Å². The number of nitrogens with one attached hydrogen (secondary N) is 2. The summed E-state index contributed by atoms with van der Waals surface area (Å²) >= 11 is 0. The number of sulfonamides is 1. The summed E-state index contributed by atoms with van der Waals surface area (Å²) in [5.74, 6) is 0.281. The zero-order valence-electron chi connectivity index (χ0n) is 11.7. The quantitative estimate of drug-likeness (QED) is 0.750. The number of hydrogen-bond acceptors (Lipinski definition) is 4. The van der Waals surface area contributed by atoms with Gasteiger partial charge in [0.1, 0.15) is 0 Å². The molecule has 0 fully saturated rings. The number of nitrogen functional groups attached to an aromatic ring is 1. The molecule has 0 radical (unpaired) electrons. The van der Waals surface area contributed by atoms with Crippen LogP contribution in [0.15, 0.2) is 23.1 Å². The van der Waals surface area contributed by atoms with E-state index in [1.165, 1.54) is 0 Å². The molecule has 4 N–H and O–H groups in total. The number of aromatic amines is 1. The van der Waals surface area contributed by atoms with Gasteiger partial charge >= 0.3 is 0 Å². The second-order valence-electron chi connectivity index (χ2n) is 4.66. The Balaban J connectivity index is 2.43. The average Bonchev–Trinajstić information content (AvgIpc) is 2.81. The Morgan fingerprint density at radius 1 is 1.35 bits per heavy atom. The highest BCUT2D eigenvalue weighted by molar-refractivity contribution is 7.92. The third-order valence-electron chi connectivity index (χ3n) is 3.16. The number of hydrogen-bond donors (Lipinski definition) is 3. The highest BCUT2D eigenvalue weighted by atomic mass is 32.2. The number of nitrogens with zero attached hydrogens (tertiary/aromatic N) is 1. The fourth-order valence-corrected chi connectivity index (χ4v) is 3.53. The van der Waals surface area contributed by atoms with Gasteiger partial charge in [-0.3, -0.25) is 9.82 Å². The van der Waals surface area contributed by atoms with Gasteiger partial charge < -0.3 is 5.73 Å². The molecule has 0 aliphatic carbocycles. The van der Waals surface area contributed by atoms with Crippen LogP contribution in [-0.4, -0.2) is 18.6 Å². The van der Waals surface area contributed by atoms with E-state index in [0.29, 0.717) is 16.8 Å². The Hall–Kier alpha value is -2.02. The fourth-order valence-electron chi connectivity index (χ4n) is 2.04. The lowest BCUT2D eigenvalue weighted by Crippen LogP contribution is -2.16.